The van der Waals surface area contributed by atoms with Gasteiger partial charge in [0.25, 0.3) is 0 Å². The molecule has 1 aromatic carbocycles. The topological polar surface area (TPSA) is 52.1 Å². The van der Waals surface area contributed by atoms with Crippen LogP contribution in [0.4, 0.5) is 0 Å². The van der Waals surface area contributed by atoms with Gasteiger partial charge in [-0.2, -0.15) is 0 Å². The largest absolute Gasteiger partial charge is 0.427 e. The van der Waals surface area contributed by atoms with Gasteiger partial charge in [0, 0.05) is 24.4 Å². The van der Waals surface area contributed by atoms with Gasteiger partial charge in [-0.15, -0.1) is 0 Å². The second kappa shape index (κ2) is 8.75. The summed E-state index contributed by atoms with van der Waals surface area (Å²) in [4.78, 5) is 20.5. The van der Waals surface area contributed by atoms with E-state index < -0.39 is 0 Å². The molecule has 0 radical (unpaired) electrons. The fourth-order valence-corrected chi connectivity index (χ4v) is 3.55. The number of aromatic nitrogens is 2. The molecule has 1 saturated carbocycles. The summed E-state index contributed by atoms with van der Waals surface area (Å²) >= 11 is 0. The Balaban J connectivity index is 1.45. The lowest BCUT2D eigenvalue weighted by Gasteiger charge is -2.27. The fourth-order valence-electron chi connectivity index (χ4n) is 3.55. The molecule has 1 aliphatic carbocycles. The molecule has 0 saturated heterocycles. The highest BCUT2D eigenvalue weighted by Gasteiger charge is 2.20. The number of hydrogen-bond donors (Lipinski definition) is 0. The predicted octanol–water partition coefficient (Wildman–Crippen LogP) is 5.05. The number of rotatable bonds is 6. The van der Waals surface area contributed by atoms with Crippen molar-refractivity contribution in [3.63, 3.8) is 0 Å². The molecule has 3 rings (SSSR count). The first kappa shape index (κ1) is 17.6. The van der Waals surface area contributed by atoms with Gasteiger partial charge in [0.05, 0.1) is 0 Å². The van der Waals surface area contributed by atoms with Crippen LogP contribution in [0.2, 0.25) is 0 Å². The molecule has 0 spiro atoms. The van der Waals surface area contributed by atoms with Crippen LogP contribution in [0.3, 0.4) is 0 Å². The molecule has 2 aromatic rings. The summed E-state index contributed by atoms with van der Waals surface area (Å²) in [6.07, 6.45) is 11.3. The molecule has 0 atom stereocenters. The van der Waals surface area contributed by atoms with Gasteiger partial charge >= 0.3 is 5.97 Å². The first-order valence-electron chi connectivity index (χ1n) is 9.32. The number of carbonyl (C=O) groups excluding carboxylic acids is 1. The van der Waals surface area contributed by atoms with Crippen LogP contribution in [0.25, 0.3) is 11.4 Å². The third kappa shape index (κ3) is 5.12. The van der Waals surface area contributed by atoms with Crippen LogP contribution in [0.5, 0.6) is 5.75 Å². The van der Waals surface area contributed by atoms with E-state index in [1.807, 2.05) is 12.1 Å². The molecule has 1 heterocycles. The predicted molar refractivity (Wildman–Crippen MR) is 98.1 cm³/mol. The third-order valence-electron chi connectivity index (χ3n) is 5.21. The minimum Gasteiger partial charge on any atom is -0.427 e. The number of nitrogens with zero attached hydrogens (tertiary/aromatic N) is 2. The highest BCUT2D eigenvalue weighted by molar-refractivity contribution is 5.72. The lowest BCUT2D eigenvalue weighted by Crippen LogP contribution is -2.16. The van der Waals surface area contributed by atoms with E-state index in [1.165, 1.54) is 32.1 Å². The summed E-state index contributed by atoms with van der Waals surface area (Å²) < 4.78 is 5.46. The standard InChI is InChI=1S/C21H26N2O2/c1-2-16-4-6-17(7-5-16)8-13-20(24)25-19-11-9-18(10-12-19)21-22-14-3-15-23-21/h3,9-12,14-17H,2,4-8,13H2,1H3. The smallest absolute Gasteiger partial charge is 0.311 e. The van der Waals surface area contributed by atoms with E-state index >= 15 is 0 Å². The Morgan fingerprint density at radius 2 is 1.68 bits per heavy atom. The highest BCUT2D eigenvalue weighted by Crippen LogP contribution is 2.33. The maximum atomic E-state index is 12.1. The van der Waals surface area contributed by atoms with Crippen molar-refractivity contribution in [1.82, 2.24) is 9.97 Å². The Labute approximate surface area is 149 Å². The zero-order valence-corrected chi connectivity index (χ0v) is 14.9. The Morgan fingerprint density at radius 3 is 2.32 bits per heavy atom. The SMILES string of the molecule is CCC1CCC(CCC(=O)Oc2ccc(-c3ncccn3)cc2)CC1. The van der Waals surface area contributed by atoms with E-state index in [4.69, 9.17) is 4.74 Å². The average molecular weight is 338 g/mol. The quantitative estimate of drug-likeness (QED) is 0.546. The number of benzene rings is 1. The lowest BCUT2D eigenvalue weighted by molar-refractivity contribution is -0.134. The molecule has 1 fully saturated rings. The zero-order chi connectivity index (χ0) is 17.5. The molecule has 0 amide bonds. The van der Waals surface area contributed by atoms with Crippen molar-refractivity contribution in [2.75, 3.05) is 0 Å². The van der Waals surface area contributed by atoms with Crippen LogP contribution >= 0.6 is 0 Å². The van der Waals surface area contributed by atoms with Crippen molar-refractivity contribution >= 4 is 5.97 Å². The highest BCUT2D eigenvalue weighted by atomic mass is 16.5. The Hall–Kier alpha value is -2.23. The molecule has 0 unspecified atom stereocenters. The molecule has 0 N–H and O–H groups in total. The van der Waals surface area contributed by atoms with Gasteiger partial charge < -0.3 is 4.74 Å². The molecular weight excluding hydrogens is 312 g/mol. The van der Waals surface area contributed by atoms with Crippen LogP contribution < -0.4 is 4.74 Å². The molecule has 0 bridgehead atoms. The monoisotopic (exact) mass is 338 g/mol. The third-order valence-corrected chi connectivity index (χ3v) is 5.21. The summed E-state index contributed by atoms with van der Waals surface area (Å²) in [5.74, 6) is 2.70. The van der Waals surface area contributed by atoms with Crippen LogP contribution in [-0.2, 0) is 4.79 Å². The molecule has 25 heavy (non-hydrogen) atoms. The van der Waals surface area contributed by atoms with Crippen molar-refractivity contribution in [1.29, 1.82) is 0 Å². The van der Waals surface area contributed by atoms with Crippen molar-refractivity contribution in [3.05, 3.63) is 42.7 Å². The van der Waals surface area contributed by atoms with Gasteiger partial charge in [-0.25, -0.2) is 9.97 Å². The second-order valence-corrected chi connectivity index (χ2v) is 6.90. The summed E-state index contributed by atoms with van der Waals surface area (Å²) in [6, 6.07) is 9.15. The normalized spacial score (nSPS) is 20.2. The van der Waals surface area contributed by atoms with Gasteiger partial charge in [0.2, 0.25) is 0 Å². The molecule has 1 aliphatic rings. The van der Waals surface area contributed by atoms with Crippen molar-refractivity contribution in [3.8, 4) is 17.1 Å². The van der Waals surface area contributed by atoms with Crippen molar-refractivity contribution < 1.29 is 9.53 Å². The average Bonchev–Trinajstić information content (AvgIpc) is 2.68. The Kier molecular flexibility index (Phi) is 6.15. The van der Waals surface area contributed by atoms with E-state index in [9.17, 15) is 4.79 Å². The van der Waals surface area contributed by atoms with E-state index in [-0.39, 0.29) is 5.97 Å². The summed E-state index contributed by atoms with van der Waals surface area (Å²) in [5.41, 5.74) is 0.910. The minimum atomic E-state index is -0.138. The molecular formula is C21H26N2O2. The zero-order valence-electron chi connectivity index (χ0n) is 14.9. The van der Waals surface area contributed by atoms with Crippen molar-refractivity contribution in [2.45, 2.75) is 51.9 Å². The molecule has 4 nitrogen and oxygen atoms in total. The molecule has 4 heteroatoms. The Bertz CT molecular complexity index is 662. The van der Waals surface area contributed by atoms with E-state index in [0.29, 0.717) is 23.9 Å². The number of ether oxygens (including phenoxy) is 1. The van der Waals surface area contributed by atoms with Gasteiger partial charge in [-0.3, -0.25) is 4.79 Å². The van der Waals surface area contributed by atoms with E-state index in [1.54, 1.807) is 30.6 Å². The van der Waals surface area contributed by atoms with Crippen molar-refractivity contribution in [2.24, 2.45) is 11.8 Å². The summed E-state index contributed by atoms with van der Waals surface area (Å²) in [5, 5.41) is 0. The molecule has 132 valence electrons. The van der Waals surface area contributed by atoms with Crippen LogP contribution in [0, 0.1) is 11.8 Å². The first-order chi connectivity index (χ1) is 12.2. The number of esters is 1. The maximum absolute atomic E-state index is 12.1. The minimum absolute atomic E-state index is 0.138. The number of carbonyl (C=O) groups is 1. The van der Waals surface area contributed by atoms with Gasteiger partial charge in [-0.1, -0.05) is 39.0 Å². The van der Waals surface area contributed by atoms with Gasteiger partial charge in [-0.05, 0) is 48.6 Å². The van der Waals surface area contributed by atoms with E-state index in [2.05, 4.69) is 16.9 Å². The lowest BCUT2D eigenvalue weighted by atomic mass is 9.79. The summed E-state index contributed by atoms with van der Waals surface area (Å²) in [7, 11) is 0. The summed E-state index contributed by atoms with van der Waals surface area (Å²) in [6.45, 7) is 2.28. The van der Waals surface area contributed by atoms with Crippen LogP contribution in [0.1, 0.15) is 51.9 Å². The maximum Gasteiger partial charge on any atom is 0.311 e. The van der Waals surface area contributed by atoms with Gasteiger partial charge in [0.1, 0.15) is 5.75 Å². The second-order valence-electron chi connectivity index (χ2n) is 6.90. The van der Waals surface area contributed by atoms with Gasteiger partial charge in [0.15, 0.2) is 5.82 Å². The van der Waals surface area contributed by atoms with E-state index in [0.717, 1.165) is 17.9 Å². The van der Waals surface area contributed by atoms with Crippen LogP contribution in [-0.4, -0.2) is 15.9 Å². The Morgan fingerprint density at radius 1 is 1.04 bits per heavy atom. The molecule has 0 aliphatic heterocycles. The number of hydrogen-bond acceptors (Lipinski definition) is 4. The fraction of sp³-hybridized carbons (Fsp3) is 0.476. The first-order valence-corrected chi connectivity index (χ1v) is 9.32. The molecule has 1 aromatic heterocycles. The van der Waals surface area contributed by atoms with Crippen LogP contribution in [0.15, 0.2) is 42.7 Å².